The molecule has 35 heavy (non-hydrogen) atoms. The van der Waals surface area contributed by atoms with Crippen LogP contribution in [0.15, 0.2) is 67.0 Å². The van der Waals surface area contributed by atoms with E-state index in [0.717, 1.165) is 28.6 Å². The lowest BCUT2D eigenvalue weighted by Gasteiger charge is -2.14. The molecule has 0 bridgehead atoms. The predicted molar refractivity (Wildman–Crippen MR) is 140 cm³/mol. The Labute approximate surface area is 207 Å². The monoisotopic (exact) mass is 485 g/mol. The van der Waals surface area contributed by atoms with Gasteiger partial charge in [-0.05, 0) is 48.4 Å². The number of rotatable bonds is 7. The Bertz CT molecular complexity index is 1500. The second-order valence-electron chi connectivity index (χ2n) is 8.09. The van der Waals surface area contributed by atoms with Crippen LogP contribution in [0.25, 0.3) is 33.5 Å². The Morgan fingerprint density at radius 3 is 2.63 bits per heavy atom. The summed E-state index contributed by atoms with van der Waals surface area (Å²) in [7, 11) is 3.51. The van der Waals surface area contributed by atoms with Crippen molar-refractivity contribution in [2.45, 2.75) is 6.42 Å². The summed E-state index contributed by atoms with van der Waals surface area (Å²) in [5.41, 5.74) is 10.9. The van der Waals surface area contributed by atoms with Crippen molar-refractivity contribution in [2.75, 3.05) is 24.7 Å². The van der Waals surface area contributed by atoms with Crippen LogP contribution in [-0.4, -0.2) is 38.4 Å². The molecule has 0 spiro atoms. The molecule has 0 atom stereocenters. The average Bonchev–Trinajstić information content (AvgIpc) is 3.31. The fraction of sp³-hybridized carbons (Fsp3) is 0.154. The van der Waals surface area contributed by atoms with Crippen LogP contribution in [0.1, 0.15) is 5.56 Å². The topological polar surface area (TPSA) is 104 Å². The van der Waals surface area contributed by atoms with Gasteiger partial charge in [0, 0.05) is 36.9 Å². The van der Waals surface area contributed by atoms with Crippen LogP contribution < -0.4 is 15.8 Å². The number of nitrogen functional groups attached to an aromatic ring is 1. The molecule has 2 aromatic carbocycles. The standard InChI is InChI=1S/C26H24ClN7O/c1-34-13-10-21(33-34)24-23(18-14-17-4-3-11-29-22(17)20(27)15-18)32-26(25(28)31-24)30-12-9-16-5-7-19(35-2)8-6-16/h3-8,10-11,13-15H,9,12H2,1-2H3,(H2,28,31)(H,30,32). The maximum atomic E-state index is 6.58. The number of aryl methyl sites for hydroxylation is 1. The number of nitrogens with zero attached hydrogens (tertiary/aromatic N) is 5. The number of hydrogen-bond acceptors (Lipinski definition) is 7. The number of aromatic nitrogens is 5. The average molecular weight is 486 g/mol. The van der Waals surface area contributed by atoms with E-state index in [1.54, 1.807) is 18.0 Å². The summed E-state index contributed by atoms with van der Waals surface area (Å²) in [5, 5.41) is 9.31. The molecule has 3 aromatic heterocycles. The summed E-state index contributed by atoms with van der Waals surface area (Å²) >= 11 is 6.58. The first kappa shape index (κ1) is 22.6. The lowest BCUT2D eigenvalue weighted by Crippen LogP contribution is -2.11. The molecule has 8 nitrogen and oxygen atoms in total. The molecular weight excluding hydrogens is 462 g/mol. The number of pyridine rings is 1. The lowest BCUT2D eigenvalue weighted by atomic mass is 10.0. The Morgan fingerprint density at radius 2 is 1.89 bits per heavy atom. The van der Waals surface area contributed by atoms with Crippen molar-refractivity contribution in [3.05, 3.63) is 77.6 Å². The van der Waals surface area contributed by atoms with E-state index in [0.29, 0.717) is 40.3 Å². The summed E-state index contributed by atoms with van der Waals surface area (Å²) in [5.74, 6) is 1.64. The molecule has 9 heteroatoms. The maximum absolute atomic E-state index is 6.58. The van der Waals surface area contributed by atoms with Crippen LogP contribution in [-0.2, 0) is 13.5 Å². The van der Waals surface area contributed by atoms with Crippen molar-refractivity contribution in [1.29, 1.82) is 0 Å². The first-order chi connectivity index (χ1) is 17.0. The summed E-state index contributed by atoms with van der Waals surface area (Å²) in [6.45, 7) is 0.635. The van der Waals surface area contributed by atoms with Gasteiger partial charge < -0.3 is 15.8 Å². The van der Waals surface area contributed by atoms with E-state index in [2.05, 4.69) is 15.4 Å². The fourth-order valence-corrected chi connectivity index (χ4v) is 4.18. The van der Waals surface area contributed by atoms with Gasteiger partial charge in [0.05, 0.1) is 17.6 Å². The number of halogens is 1. The normalized spacial score (nSPS) is 11.1. The molecule has 0 aliphatic carbocycles. The number of nitrogens with two attached hydrogens (primary N) is 1. The Kier molecular flexibility index (Phi) is 6.20. The summed E-state index contributed by atoms with van der Waals surface area (Å²) < 4.78 is 6.95. The minimum Gasteiger partial charge on any atom is -0.497 e. The van der Waals surface area contributed by atoms with Crippen molar-refractivity contribution in [3.63, 3.8) is 0 Å². The number of fused-ring (bicyclic) bond motifs is 1. The van der Waals surface area contributed by atoms with Gasteiger partial charge >= 0.3 is 0 Å². The van der Waals surface area contributed by atoms with E-state index in [4.69, 9.17) is 32.0 Å². The van der Waals surface area contributed by atoms with Gasteiger partial charge in [0.25, 0.3) is 0 Å². The molecule has 0 aliphatic heterocycles. The molecule has 5 aromatic rings. The van der Waals surface area contributed by atoms with Crippen LogP contribution in [0.5, 0.6) is 5.75 Å². The summed E-state index contributed by atoms with van der Waals surface area (Å²) in [4.78, 5) is 14.0. The minimum atomic E-state index is 0.303. The zero-order chi connectivity index (χ0) is 24.4. The van der Waals surface area contributed by atoms with Gasteiger partial charge in [-0.1, -0.05) is 29.8 Å². The molecule has 176 valence electrons. The highest BCUT2D eigenvalue weighted by molar-refractivity contribution is 6.35. The number of anilines is 2. The van der Waals surface area contributed by atoms with E-state index in [1.165, 1.54) is 5.56 Å². The second-order valence-corrected chi connectivity index (χ2v) is 8.49. The predicted octanol–water partition coefficient (Wildman–Crippen LogP) is 4.99. The van der Waals surface area contributed by atoms with Crippen LogP contribution in [0, 0.1) is 0 Å². The number of hydrogen-bond donors (Lipinski definition) is 2. The second kappa shape index (κ2) is 9.60. The number of methoxy groups -OCH3 is 1. The van der Waals surface area contributed by atoms with Gasteiger partial charge in [0.2, 0.25) is 0 Å². The van der Waals surface area contributed by atoms with Crippen LogP contribution in [0.2, 0.25) is 5.02 Å². The Morgan fingerprint density at radius 1 is 1.06 bits per heavy atom. The molecule has 0 aliphatic rings. The molecular formula is C26H24ClN7O. The van der Waals surface area contributed by atoms with E-state index in [1.807, 2.05) is 67.8 Å². The molecule has 5 rings (SSSR count). The molecule has 0 saturated carbocycles. The molecule has 0 saturated heterocycles. The van der Waals surface area contributed by atoms with Crippen molar-refractivity contribution < 1.29 is 4.74 Å². The van der Waals surface area contributed by atoms with Gasteiger partial charge in [-0.15, -0.1) is 0 Å². The number of ether oxygens (including phenoxy) is 1. The zero-order valence-electron chi connectivity index (χ0n) is 19.4. The van der Waals surface area contributed by atoms with Crippen LogP contribution in [0.3, 0.4) is 0 Å². The maximum Gasteiger partial charge on any atom is 0.169 e. The van der Waals surface area contributed by atoms with Crippen LogP contribution >= 0.6 is 11.6 Å². The summed E-state index contributed by atoms with van der Waals surface area (Å²) in [6, 6.07) is 17.6. The first-order valence-electron chi connectivity index (χ1n) is 11.1. The van der Waals surface area contributed by atoms with Gasteiger partial charge in [-0.2, -0.15) is 5.10 Å². The largest absolute Gasteiger partial charge is 0.497 e. The fourth-order valence-electron chi connectivity index (χ4n) is 3.90. The Hall–Kier alpha value is -4.17. The summed E-state index contributed by atoms with van der Waals surface area (Å²) in [6.07, 6.45) is 4.37. The third-order valence-corrected chi connectivity index (χ3v) is 5.96. The van der Waals surface area contributed by atoms with E-state index < -0.39 is 0 Å². The lowest BCUT2D eigenvalue weighted by molar-refractivity contribution is 0.414. The smallest absolute Gasteiger partial charge is 0.169 e. The van der Waals surface area contributed by atoms with Gasteiger partial charge in [-0.25, -0.2) is 9.97 Å². The molecule has 0 radical (unpaired) electrons. The third kappa shape index (κ3) is 4.74. The first-order valence-corrected chi connectivity index (χ1v) is 11.5. The molecule has 0 fully saturated rings. The van der Waals surface area contributed by atoms with Crippen molar-refractivity contribution in [1.82, 2.24) is 24.7 Å². The number of benzene rings is 2. The van der Waals surface area contributed by atoms with Crippen molar-refractivity contribution in [2.24, 2.45) is 7.05 Å². The van der Waals surface area contributed by atoms with E-state index >= 15 is 0 Å². The van der Waals surface area contributed by atoms with Gasteiger partial charge in [-0.3, -0.25) is 9.67 Å². The number of nitrogens with one attached hydrogen (secondary N) is 1. The Balaban J connectivity index is 1.51. The SMILES string of the molecule is COc1ccc(CCNc2nc(-c3cc(Cl)c4ncccc4c3)c(-c3ccn(C)n3)nc2N)cc1. The van der Waals surface area contributed by atoms with Gasteiger partial charge in [0.15, 0.2) is 11.6 Å². The van der Waals surface area contributed by atoms with E-state index in [9.17, 15) is 0 Å². The molecule has 0 amide bonds. The van der Waals surface area contributed by atoms with Crippen LogP contribution in [0.4, 0.5) is 11.6 Å². The highest BCUT2D eigenvalue weighted by atomic mass is 35.5. The van der Waals surface area contributed by atoms with Gasteiger partial charge in [0.1, 0.15) is 22.8 Å². The zero-order valence-corrected chi connectivity index (χ0v) is 20.1. The van der Waals surface area contributed by atoms with Crippen molar-refractivity contribution >= 4 is 34.1 Å². The molecule has 3 heterocycles. The minimum absolute atomic E-state index is 0.303. The highest BCUT2D eigenvalue weighted by Crippen LogP contribution is 2.35. The van der Waals surface area contributed by atoms with E-state index in [-0.39, 0.29) is 0 Å². The van der Waals surface area contributed by atoms with Crippen molar-refractivity contribution in [3.8, 4) is 28.4 Å². The third-order valence-electron chi connectivity index (χ3n) is 5.68. The quantitative estimate of drug-likeness (QED) is 0.334. The highest BCUT2D eigenvalue weighted by Gasteiger charge is 2.19. The molecule has 3 N–H and O–H groups in total. The molecule has 0 unspecified atom stereocenters.